The van der Waals surface area contributed by atoms with Crippen LogP contribution in [0.1, 0.15) is 90.4 Å². The van der Waals surface area contributed by atoms with Crippen LogP contribution in [0.5, 0.6) is 0 Å². The molecule has 0 atom stereocenters. The number of nitrogens with one attached hydrogen (secondary N) is 2. The lowest BCUT2D eigenvalue weighted by Crippen LogP contribution is -2.06. The maximum absolute atomic E-state index is 9.06. The number of hydrogen-bond acceptors (Lipinski definition) is 5. The van der Waals surface area contributed by atoms with Crippen molar-refractivity contribution in [1.82, 2.24) is 10.6 Å². The van der Waals surface area contributed by atoms with E-state index in [1.165, 1.54) is 97.1 Å². The third kappa shape index (κ3) is 45.2. The average Bonchev–Trinajstić information content (AvgIpc) is 2.61. The molecule has 0 radical (unpaired) electrons. The zero-order chi connectivity index (χ0) is 19.4. The highest BCUT2D eigenvalue weighted by atomic mass is 17.2. The lowest BCUT2D eigenvalue weighted by molar-refractivity contribution is -0.240. The van der Waals surface area contributed by atoms with Crippen LogP contribution in [-0.2, 0) is 14.6 Å². The highest BCUT2D eigenvalue weighted by molar-refractivity contribution is 5.35. The van der Waals surface area contributed by atoms with Crippen molar-refractivity contribution in [2.75, 3.05) is 34.8 Å². The van der Waals surface area contributed by atoms with Crippen LogP contribution in [0.15, 0.2) is 0 Å². The number of rotatable bonds is 16. The Morgan fingerprint density at radius 2 is 1.08 bits per heavy atom. The molecule has 0 saturated heterocycles. The molecule has 0 aromatic carbocycles. The molecule has 154 valence electrons. The van der Waals surface area contributed by atoms with Crippen molar-refractivity contribution in [3.63, 3.8) is 0 Å². The lowest BCUT2D eigenvalue weighted by Gasteiger charge is -2.02. The van der Waals surface area contributed by atoms with Crippen LogP contribution >= 0.6 is 0 Å². The van der Waals surface area contributed by atoms with Gasteiger partial charge < -0.3 is 15.5 Å². The van der Waals surface area contributed by atoms with Crippen LogP contribution in [0.3, 0.4) is 0 Å². The minimum Gasteiger partial charge on any atom is -0.323 e. The Labute approximate surface area is 157 Å². The van der Waals surface area contributed by atoms with Gasteiger partial charge in [0.15, 0.2) is 0 Å². The van der Waals surface area contributed by atoms with E-state index >= 15 is 0 Å². The van der Waals surface area contributed by atoms with E-state index in [2.05, 4.69) is 27.3 Å². The number of carbonyl (C=O) groups is 1. The molecule has 0 spiro atoms. The molecule has 0 bridgehead atoms. The largest absolute Gasteiger partial charge is 0.330 e. The third-order valence-electron chi connectivity index (χ3n) is 3.67. The second kappa shape index (κ2) is 34.6. The molecule has 0 aromatic heterocycles. The minimum absolute atomic E-state index is 0.208. The van der Waals surface area contributed by atoms with Crippen LogP contribution in [0.2, 0.25) is 0 Å². The lowest BCUT2D eigenvalue weighted by atomic mass is 10.0. The monoisotopic (exact) mass is 362 g/mol. The molecule has 2 N–H and O–H groups in total. The highest BCUT2D eigenvalue weighted by Gasteiger charge is 1.93. The smallest absolute Gasteiger partial charge is 0.323 e. The second-order valence-electron chi connectivity index (χ2n) is 6.21. The van der Waals surface area contributed by atoms with Crippen molar-refractivity contribution < 1.29 is 14.6 Å². The molecule has 5 heteroatoms. The van der Waals surface area contributed by atoms with Gasteiger partial charge in [-0.05, 0) is 34.1 Å². The number of hydrogen-bond donors (Lipinski definition) is 2. The molecule has 0 heterocycles. The molecule has 0 saturated carbocycles. The summed E-state index contributed by atoms with van der Waals surface area (Å²) in [7, 11) is 7.05. The van der Waals surface area contributed by atoms with E-state index < -0.39 is 0 Å². The van der Waals surface area contributed by atoms with Crippen LogP contribution < -0.4 is 10.6 Å². The minimum atomic E-state index is 0.208. The Hall–Kier alpha value is -0.650. The number of carbonyl (C=O) groups excluding carboxylic acids is 1. The van der Waals surface area contributed by atoms with Crippen LogP contribution in [0, 0.1) is 0 Å². The van der Waals surface area contributed by atoms with Gasteiger partial charge in [0, 0.05) is 0 Å². The Kier molecular flexibility index (Phi) is 40.4. The van der Waals surface area contributed by atoms with Gasteiger partial charge in [-0.3, -0.25) is 4.79 Å². The van der Waals surface area contributed by atoms with Gasteiger partial charge in [-0.1, -0.05) is 84.0 Å². The summed E-state index contributed by atoms with van der Waals surface area (Å²) in [5, 5.41) is 5.96. The van der Waals surface area contributed by atoms with E-state index in [4.69, 9.17) is 4.79 Å². The Balaban J connectivity index is -0.000000504. The standard InChI is InChI=1S/C16H35N.C2H7N.C2H4O3/c1-3-4-5-6-7-8-9-10-11-12-13-14-15-16-17-2;1-3-2;1-4-5-2-3/h17H,3-16H2,1-2H3;3H,1-2H3;2H,1H3. The summed E-state index contributed by atoms with van der Waals surface area (Å²) in [4.78, 5) is 16.5. The van der Waals surface area contributed by atoms with Crippen LogP contribution in [0.4, 0.5) is 0 Å². The van der Waals surface area contributed by atoms with Gasteiger partial charge in [0.2, 0.25) is 0 Å². The summed E-state index contributed by atoms with van der Waals surface area (Å²) in [5.41, 5.74) is 0. The summed E-state index contributed by atoms with van der Waals surface area (Å²) in [5.74, 6) is 0. The predicted octanol–water partition coefficient (Wildman–Crippen LogP) is 4.85. The predicted molar refractivity (Wildman–Crippen MR) is 109 cm³/mol. The average molecular weight is 363 g/mol. The van der Waals surface area contributed by atoms with Crippen molar-refractivity contribution in [1.29, 1.82) is 0 Å². The highest BCUT2D eigenvalue weighted by Crippen LogP contribution is 2.12. The SMILES string of the molecule is CCCCCCCCCCCCCCCNC.CNC.COOC=O. The molecule has 0 unspecified atom stereocenters. The normalized spacial score (nSPS) is 9.48. The molecular weight excluding hydrogens is 316 g/mol. The first kappa shape index (κ1) is 29.1. The van der Waals surface area contributed by atoms with Gasteiger partial charge in [-0.2, -0.15) is 4.89 Å². The summed E-state index contributed by atoms with van der Waals surface area (Å²) in [6.07, 6.45) is 18.8. The summed E-state index contributed by atoms with van der Waals surface area (Å²) >= 11 is 0. The topological polar surface area (TPSA) is 59.6 Å². The zero-order valence-corrected chi connectivity index (χ0v) is 17.7. The van der Waals surface area contributed by atoms with Crippen molar-refractivity contribution in [3.8, 4) is 0 Å². The van der Waals surface area contributed by atoms with E-state index in [0.717, 1.165) is 0 Å². The van der Waals surface area contributed by atoms with E-state index in [-0.39, 0.29) is 6.47 Å². The molecule has 0 aliphatic rings. The van der Waals surface area contributed by atoms with Gasteiger partial charge in [0.05, 0.1) is 7.11 Å². The third-order valence-corrected chi connectivity index (χ3v) is 3.67. The van der Waals surface area contributed by atoms with Gasteiger partial charge in [-0.25, -0.2) is 0 Å². The molecular formula is C20H46N2O3. The summed E-state index contributed by atoms with van der Waals surface area (Å²) < 4.78 is 0. The van der Waals surface area contributed by atoms with E-state index in [1.54, 1.807) is 0 Å². The fourth-order valence-electron chi connectivity index (χ4n) is 2.36. The van der Waals surface area contributed by atoms with Crippen LogP contribution in [0.25, 0.3) is 0 Å². The first-order valence-electron chi connectivity index (χ1n) is 10.1. The van der Waals surface area contributed by atoms with E-state index in [9.17, 15) is 0 Å². The molecule has 5 nitrogen and oxygen atoms in total. The molecule has 0 aliphatic heterocycles. The van der Waals surface area contributed by atoms with Crippen LogP contribution in [-0.4, -0.2) is 41.3 Å². The first-order valence-corrected chi connectivity index (χ1v) is 10.1. The van der Waals surface area contributed by atoms with Crippen molar-refractivity contribution in [3.05, 3.63) is 0 Å². The molecule has 0 amide bonds. The van der Waals surface area contributed by atoms with Crippen molar-refractivity contribution >= 4 is 6.47 Å². The summed E-state index contributed by atoms with van der Waals surface area (Å²) in [6.45, 7) is 3.69. The first-order chi connectivity index (χ1) is 12.2. The Bertz CT molecular complexity index is 191. The molecule has 0 aromatic rings. The Morgan fingerprint density at radius 3 is 1.32 bits per heavy atom. The van der Waals surface area contributed by atoms with E-state index in [1.807, 2.05) is 21.1 Å². The maximum Gasteiger partial charge on any atom is 0.330 e. The van der Waals surface area contributed by atoms with Crippen molar-refractivity contribution in [2.45, 2.75) is 90.4 Å². The maximum atomic E-state index is 9.06. The Morgan fingerprint density at radius 1 is 0.720 bits per heavy atom. The van der Waals surface area contributed by atoms with Gasteiger partial charge in [0.25, 0.3) is 0 Å². The van der Waals surface area contributed by atoms with Gasteiger partial charge in [0.1, 0.15) is 0 Å². The number of unbranched alkanes of at least 4 members (excludes halogenated alkanes) is 12. The van der Waals surface area contributed by atoms with Crippen molar-refractivity contribution in [2.24, 2.45) is 0 Å². The zero-order valence-electron chi connectivity index (χ0n) is 17.7. The quantitative estimate of drug-likeness (QED) is 0.178. The van der Waals surface area contributed by atoms with Gasteiger partial charge >= 0.3 is 6.47 Å². The molecule has 25 heavy (non-hydrogen) atoms. The molecule has 0 aliphatic carbocycles. The summed E-state index contributed by atoms with van der Waals surface area (Å²) in [6, 6.07) is 0. The molecule has 0 rings (SSSR count). The van der Waals surface area contributed by atoms with Gasteiger partial charge in [-0.15, -0.1) is 0 Å². The fourth-order valence-corrected chi connectivity index (χ4v) is 2.36. The fraction of sp³-hybridized carbons (Fsp3) is 0.950. The second-order valence-corrected chi connectivity index (χ2v) is 6.21. The molecule has 0 fully saturated rings. The van der Waals surface area contributed by atoms with E-state index in [0.29, 0.717) is 0 Å².